The van der Waals surface area contributed by atoms with Gasteiger partial charge < -0.3 is 0 Å². The predicted octanol–water partition coefficient (Wildman–Crippen LogP) is 0.898. The quantitative estimate of drug-likeness (QED) is 0.758. The summed E-state index contributed by atoms with van der Waals surface area (Å²) in [5, 5.41) is 0. The molecule has 1 aromatic carbocycles. The summed E-state index contributed by atoms with van der Waals surface area (Å²) in [4.78, 5) is 0. The Kier molecular flexibility index (Phi) is 2.83. The zero-order valence-electron chi connectivity index (χ0n) is 6.53. The van der Waals surface area contributed by atoms with Gasteiger partial charge in [0.1, 0.15) is 0 Å². The highest BCUT2D eigenvalue weighted by atomic mass is 32.2. The van der Waals surface area contributed by atoms with Crippen molar-refractivity contribution >= 4 is 10.0 Å². The van der Waals surface area contributed by atoms with Crippen LogP contribution in [-0.4, -0.2) is 8.42 Å². The van der Waals surface area contributed by atoms with Gasteiger partial charge in [-0.1, -0.05) is 30.3 Å². The Labute approximate surface area is 72.5 Å². The molecule has 0 atom stereocenters. The van der Waals surface area contributed by atoms with Gasteiger partial charge in [0.05, 0.1) is 6.26 Å². The van der Waals surface area contributed by atoms with E-state index in [4.69, 9.17) is 0 Å². The fourth-order valence-corrected chi connectivity index (χ4v) is 1.18. The Morgan fingerprint density at radius 3 is 2.33 bits per heavy atom. The van der Waals surface area contributed by atoms with Crippen molar-refractivity contribution in [3.63, 3.8) is 0 Å². The lowest BCUT2D eigenvalue weighted by molar-refractivity contribution is 0.590. The molecule has 0 unspecified atom stereocenters. The van der Waals surface area contributed by atoms with Crippen LogP contribution in [0.5, 0.6) is 0 Å². The zero-order valence-corrected chi connectivity index (χ0v) is 7.34. The molecule has 0 spiro atoms. The van der Waals surface area contributed by atoms with E-state index in [1.54, 1.807) is 0 Å². The number of sulfonamides is 1. The lowest BCUT2D eigenvalue weighted by Gasteiger charge is -2.00. The van der Waals surface area contributed by atoms with Gasteiger partial charge in [0.15, 0.2) is 0 Å². The maximum Gasteiger partial charge on any atom is 0.212 e. The normalized spacial score (nSPS) is 11.4. The minimum absolute atomic E-state index is 0.298. The van der Waals surface area contributed by atoms with Crippen molar-refractivity contribution in [3.05, 3.63) is 42.2 Å². The van der Waals surface area contributed by atoms with Crippen molar-refractivity contribution in [3.8, 4) is 0 Å². The molecule has 0 aromatic heterocycles. The predicted molar refractivity (Wildman–Crippen MR) is 47.6 cm³/mol. The lowest BCUT2D eigenvalue weighted by atomic mass is 10.2. The van der Waals surface area contributed by atoms with E-state index in [1.807, 2.05) is 30.3 Å². The number of hydrogen-bond donors (Lipinski definition) is 1. The van der Waals surface area contributed by atoms with Crippen LogP contribution in [-0.2, 0) is 16.6 Å². The molecule has 1 aromatic rings. The van der Waals surface area contributed by atoms with Crippen LogP contribution in [0, 0.1) is 6.26 Å². The van der Waals surface area contributed by atoms with E-state index in [9.17, 15) is 8.42 Å². The van der Waals surface area contributed by atoms with E-state index < -0.39 is 10.0 Å². The second kappa shape index (κ2) is 3.69. The summed E-state index contributed by atoms with van der Waals surface area (Å²) in [6.45, 7) is 0.298. The molecule has 1 N–H and O–H groups in total. The molecule has 0 amide bonds. The van der Waals surface area contributed by atoms with Gasteiger partial charge in [0.2, 0.25) is 10.0 Å². The first-order valence-electron chi connectivity index (χ1n) is 3.44. The molecule has 0 fully saturated rings. The summed E-state index contributed by atoms with van der Waals surface area (Å²) in [5.74, 6) is 0. The van der Waals surface area contributed by atoms with Crippen LogP contribution >= 0.6 is 0 Å². The lowest BCUT2D eigenvalue weighted by Crippen LogP contribution is -2.19. The first-order valence-corrected chi connectivity index (χ1v) is 5.10. The van der Waals surface area contributed by atoms with Crippen molar-refractivity contribution in [2.45, 2.75) is 6.54 Å². The maximum absolute atomic E-state index is 10.6. The van der Waals surface area contributed by atoms with E-state index in [0.717, 1.165) is 5.56 Å². The molecular weight excluding hydrogens is 174 g/mol. The first-order chi connectivity index (χ1) is 5.58. The molecule has 1 rings (SSSR count). The van der Waals surface area contributed by atoms with Crippen molar-refractivity contribution < 1.29 is 8.42 Å². The molecule has 12 heavy (non-hydrogen) atoms. The van der Waals surface area contributed by atoms with Gasteiger partial charge in [0, 0.05) is 6.54 Å². The molecule has 4 heteroatoms. The van der Waals surface area contributed by atoms with Gasteiger partial charge in [-0.25, -0.2) is 13.1 Å². The van der Waals surface area contributed by atoms with E-state index in [2.05, 4.69) is 11.0 Å². The van der Waals surface area contributed by atoms with E-state index >= 15 is 0 Å². The molecule has 0 saturated carbocycles. The van der Waals surface area contributed by atoms with Crippen LogP contribution in [0.1, 0.15) is 5.56 Å². The Hall–Kier alpha value is -0.870. The van der Waals surface area contributed by atoms with Crippen molar-refractivity contribution in [1.82, 2.24) is 4.72 Å². The molecule has 3 nitrogen and oxygen atoms in total. The summed E-state index contributed by atoms with van der Waals surface area (Å²) >= 11 is 0. The third-order valence-corrected chi connectivity index (χ3v) is 1.92. The first kappa shape index (κ1) is 9.22. The molecule has 0 heterocycles. The van der Waals surface area contributed by atoms with Crippen molar-refractivity contribution in [2.24, 2.45) is 0 Å². The Balaban J connectivity index is 2.56. The minimum Gasteiger partial charge on any atom is -0.212 e. The van der Waals surface area contributed by atoms with Crippen LogP contribution in [0.25, 0.3) is 0 Å². The van der Waals surface area contributed by atoms with Gasteiger partial charge in [-0.2, -0.15) is 0 Å². The minimum atomic E-state index is -3.32. The summed E-state index contributed by atoms with van der Waals surface area (Å²) < 4.78 is 23.5. The van der Waals surface area contributed by atoms with E-state index in [1.165, 1.54) is 0 Å². The van der Waals surface area contributed by atoms with Crippen molar-refractivity contribution in [2.75, 3.05) is 0 Å². The molecular formula is C8H10NO2S. The van der Waals surface area contributed by atoms with Gasteiger partial charge in [-0.3, -0.25) is 0 Å². The average molecular weight is 184 g/mol. The number of nitrogens with one attached hydrogen (secondary N) is 1. The number of benzene rings is 1. The monoisotopic (exact) mass is 184 g/mol. The molecule has 0 aliphatic heterocycles. The third kappa shape index (κ3) is 3.50. The zero-order chi connectivity index (χ0) is 9.03. The van der Waals surface area contributed by atoms with Crippen LogP contribution in [0.15, 0.2) is 30.3 Å². The summed E-state index contributed by atoms with van der Waals surface area (Å²) in [7, 11) is -3.32. The van der Waals surface area contributed by atoms with Crippen LogP contribution in [0.2, 0.25) is 0 Å². The summed E-state index contributed by atoms with van der Waals surface area (Å²) in [6, 6.07) is 9.28. The average Bonchev–Trinajstić information content (AvgIpc) is 2.02. The van der Waals surface area contributed by atoms with Gasteiger partial charge in [-0.15, -0.1) is 0 Å². The molecule has 0 aliphatic rings. The SMILES string of the molecule is [CH2]S(=O)(=O)NCc1ccccc1. The van der Waals surface area contributed by atoms with E-state index in [-0.39, 0.29) is 0 Å². The topological polar surface area (TPSA) is 46.2 Å². The number of hydrogen-bond acceptors (Lipinski definition) is 2. The number of rotatable bonds is 3. The smallest absolute Gasteiger partial charge is 0.212 e. The Morgan fingerprint density at radius 1 is 1.25 bits per heavy atom. The molecule has 0 bridgehead atoms. The Bertz CT molecular complexity index is 331. The van der Waals surface area contributed by atoms with Crippen molar-refractivity contribution in [1.29, 1.82) is 0 Å². The summed E-state index contributed by atoms with van der Waals surface area (Å²) in [6.07, 6.45) is 2.95. The van der Waals surface area contributed by atoms with Gasteiger partial charge >= 0.3 is 0 Å². The fourth-order valence-electron chi connectivity index (χ4n) is 0.789. The Morgan fingerprint density at radius 2 is 1.83 bits per heavy atom. The highest BCUT2D eigenvalue weighted by molar-refractivity contribution is 7.90. The highest BCUT2D eigenvalue weighted by Gasteiger charge is 1.99. The second-order valence-electron chi connectivity index (χ2n) is 2.42. The molecule has 65 valence electrons. The van der Waals surface area contributed by atoms with E-state index in [0.29, 0.717) is 6.54 Å². The fraction of sp³-hybridized carbons (Fsp3) is 0.125. The molecule has 0 saturated heterocycles. The van der Waals surface area contributed by atoms with Crippen LogP contribution in [0.3, 0.4) is 0 Å². The molecule has 0 aliphatic carbocycles. The third-order valence-electron chi connectivity index (χ3n) is 1.34. The summed E-state index contributed by atoms with van der Waals surface area (Å²) in [5.41, 5.74) is 0.921. The van der Waals surface area contributed by atoms with Crippen LogP contribution in [0.4, 0.5) is 0 Å². The largest absolute Gasteiger partial charge is 0.212 e. The highest BCUT2D eigenvalue weighted by Crippen LogP contribution is 1.97. The van der Waals surface area contributed by atoms with Gasteiger partial charge in [-0.05, 0) is 5.56 Å². The second-order valence-corrected chi connectivity index (χ2v) is 3.94. The maximum atomic E-state index is 10.6. The molecule has 1 radical (unpaired) electrons. The standard InChI is InChI=1S/C8H10NO2S/c1-12(10,11)9-7-8-5-3-2-4-6-8/h2-6,9H,1,7H2. The van der Waals surface area contributed by atoms with Crippen LogP contribution < -0.4 is 4.72 Å². The van der Waals surface area contributed by atoms with Gasteiger partial charge in [0.25, 0.3) is 0 Å².